The number of phosphoric ester groups is 1. The lowest BCUT2D eigenvalue weighted by Crippen LogP contribution is -2.29. The maximum absolute atomic E-state index is 12.6. The van der Waals surface area contributed by atoms with Gasteiger partial charge in [0, 0.05) is 12.8 Å². The van der Waals surface area contributed by atoms with Gasteiger partial charge in [0.15, 0.2) is 6.10 Å². The van der Waals surface area contributed by atoms with Gasteiger partial charge in [-0.2, -0.15) is 0 Å². The molecule has 0 heterocycles. The first-order chi connectivity index (χ1) is 26.1. The Morgan fingerprint density at radius 3 is 1.74 bits per heavy atom. The van der Waals surface area contributed by atoms with Crippen LogP contribution in [0, 0.1) is 0 Å². The first kappa shape index (κ1) is 51.6. The highest BCUT2D eigenvalue weighted by Gasteiger charge is 2.27. The first-order valence-corrected chi connectivity index (χ1v) is 21.8. The molecule has 0 bridgehead atoms. The van der Waals surface area contributed by atoms with Crippen LogP contribution in [-0.4, -0.2) is 76.9 Å². The van der Waals surface area contributed by atoms with E-state index in [1.54, 1.807) is 0 Å². The van der Waals surface area contributed by atoms with Gasteiger partial charge in [-0.3, -0.25) is 18.6 Å². The van der Waals surface area contributed by atoms with Gasteiger partial charge >= 0.3 is 19.8 Å². The lowest BCUT2D eigenvalue weighted by molar-refractivity contribution is -0.161. The molecule has 0 rings (SSSR count). The third-order valence-corrected chi connectivity index (χ3v) is 9.15. The Kier molecular flexibility index (Phi) is 35.9. The van der Waals surface area contributed by atoms with E-state index in [4.69, 9.17) is 19.1 Å². The predicted molar refractivity (Wildman–Crippen MR) is 216 cm³/mol. The van der Waals surface area contributed by atoms with Crippen LogP contribution in [0.5, 0.6) is 0 Å². The summed E-state index contributed by atoms with van der Waals surface area (Å²) in [5.74, 6) is -1.03. The van der Waals surface area contributed by atoms with Crippen molar-refractivity contribution in [2.24, 2.45) is 0 Å². The van der Waals surface area contributed by atoms with Crippen molar-refractivity contribution in [2.75, 3.05) is 26.4 Å². The molecular formula is C42H73O11P. The molecule has 0 radical (unpaired) electrons. The van der Waals surface area contributed by atoms with Crippen molar-refractivity contribution in [3.63, 3.8) is 0 Å². The molecule has 0 amide bonds. The number of carbonyl (C=O) groups excluding carboxylic acids is 2. The average molecular weight is 785 g/mol. The summed E-state index contributed by atoms with van der Waals surface area (Å²) in [5.41, 5.74) is 0. The Morgan fingerprint density at radius 2 is 1.11 bits per heavy atom. The second-order valence-electron chi connectivity index (χ2n) is 13.5. The minimum absolute atomic E-state index is 0.0894. The molecule has 12 heteroatoms. The number of allylic oxidation sites excluding steroid dienone is 9. The van der Waals surface area contributed by atoms with Crippen LogP contribution in [0.4, 0.5) is 0 Å². The summed E-state index contributed by atoms with van der Waals surface area (Å²) in [5, 5.41) is 28.0. The lowest BCUT2D eigenvalue weighted by atomic mass is 10.1. The highest BCUT2D eigenvalue weighted by molar-refractivity contribution is 7.47. The number of hydrogen-bond acceptors (Lipinski definition) is 10. The van der Waals surface area contributed by atoms with Gasteiger partial charge in [0.2, 0.25) is 0 Å². The molecule has 0 saturated heterocycles. The zero-order valence-electron chi connectivity index (χ0n) is 33.3. The Balaban J connectivity index is 4.48. The van der Waals surface area contributed by atoms with E-state index < -0.39 is 51.8 Å². The quantitative estimate of drug-likeness (QED) is 0.0205. The Morgan fingerprint density at radius 1 is 0.593 bits per heavy atom. The fourth-order valence-corrected chi connectivity index (χ4v) is 5.84. The van der Waals surface area contributed by atoms with Gasteiger partial charge in [-0.25, -0.2) is 4.57 Å². The molecule has 0 fully saturated rings. The smallest absolute Gasteiger partial charge is 0.462 e. The first-order valence-electron chi connectivity index (χ1n) is 20.3. The molecule has 54 heavy (non-hydrogen) atoms. The fraction of sp³-hybridized carbons (Fsp3) is 0.714. The van der Waals surface area contributed by atoms with Crippen molar-refractivity contribution in [3.8, 4) is 0 Å². The molecule has 0 spiro atoms. The monoisotopic (exact) mass is 784 g/mol. The summed E-state index contributed by atoms with van der Waals surface area (Å²) < 4.78 is 32.5. The van der Waals surface area contributed by atoms with Crippen LogP contribution in [0.15, 0.2) is 60.8 Å². The Bertz CT molecular complexity index is 1100. The predicted octanol–water partition coefficient (Wildman–Crippen LogP) is 9.30. The van der Waals surface area contributed by atoms with Gasteiger partial charge < -0.3 is 29.7 Å². The molecule has 0 aliphatic carbocycles. The van der Waals surface area contributed by atoms with E-state index in [9.17, 15) is 29.3 Å². The van der Waals surface area contributed by atoms with Gasteiger partial charge in [-0.1, -0.05) is 120 Å². The normalized spacial score (nSPS) is 15.1. The summed E-state index contributed by atoms with van der Waals surface area (Å²) in [6.45, 7) is 2.06. The summed E-state index contributed by atoms with van der Waals surface area (Å²) in [4.78, 5) is 34.9. The maximum atomic E-state index is 12.6. The van der Waals surface area contributed by atoms with Gasteiger partial charge in [0.05, 0.1) is 25.9 Å². The maximum Gasteiger partial charge on any atom is 0.472 e. The Labute approximate surface area is 326 Å². The van der Waals surface area contributed by atoms with E-state index in [0.717, 1.165) is 70.6 Å². The van der Waals surface area contributed by atoms with E-state index in [-0.39, 0.29) is 25.6 Å². The van der Waals surface area contributed by atoms with Crippen LogP contribution in [0.3, 0.4) is 0 Å². The van der Waals surface area contributed by atoms with Crippen LogP contribution in [0.25, 0.3) is 0 Å². The van der Waals surface area contributed by atoms with E-state index in [1.165, 1.54) is 25.7 Å². The molecule has 11 nitrogen and oxygen atoms in total. The van der Waals surface area contributed by atoms with Crippen molar-refractivity contribution in [2.45, 2.75) is 167 Å². The number of unbranched alkanes of at least 4 members (excludes halogenated alkanes) is 10. The van der Waals surface area contributed by atoms with Crippen molar-refractivity contribution in [1.29, 1.82) is 0 Å². The topological polar surface area (TPSA) is 169 Å². The molecule has 2 unspecified atom stereocenters. The van der Waals surface area contributed by atoms with Crippen LogP contribution < -0.4 is 0 Å². The summed E-state index contributed by atoms with van der Waals surface area (Å²) in [6, 6.07) is 0. The number of phosphoric acid groups is 1. The van der Waals surface area contributed by atoms with Gasteiger partial charge in [0.25, 0.3) is 0 Å². The molecule has 0 aliphatic rings. The molecule has 0 aliphatic heterocycles. The number of aliphatic hydroxyl groups excluding tert-OH is 3. The lowest BCUT2D eigenvalue weighted by Gasteiger charge is -2.20. The van der Waals surface area contributed by atoms with Crippen LogP contribution in [0.1, 0.15) is 149 Å². The van der Waals surface area contributed by atoms with Crippen LogP contribution >= 0.6 is 7.82 Å². The molecular weight excluding hydrogens is 711 g/mol. The van der Waals surface area contributed by atoms with E-state index >= 15 is 0 Å². The average Bonchev–Trinajstić information content (AvgIpc) is 3.15. The van der Waals surface area contributed by atoms with Crippen LogP contribution in [0.2, 0.25) is 0 Å². The number of esters is 2. The summed E-state index contributed by atoms with van der Waals surface area (Å²) >= 11 is 0. The number of hydrogen-bond donors (Lipinski definition) is 4. The second-order valence-corrected chi connectivity index (χ2v) is 14.9. The van der Waals surface area contributed by atoms with Crippen LogP contribution in [-0.2, 0) is 32.7 Å². The molecule has 4 N–H and O–H groups in total. The minimum Gasteiger partial charge on any atom is -0.462 e. The van der Waals surface area contributed by atoms with E-state index in [1.807, 2.05) is 18.2 Å². The minimum atomic E-state index is -4.64. The molecule has 0 aromatic heterocycles. The van der Waals surface area contributed by atoms with Gasteiger partial charge in [-0.15, -0.1) is 0 Å². The molecule has 312 valence electrons. The SMILES string of the molecule is CCCCCC/C=C\CCCCCCCC(=O)OC[C@H](COP(=O)(O)OC[C@@H](O)CO)OC(=O)CCC/C=C\C/C=C\C/C=C\C/C=C\CC(O)CCC. The molecule has 0 aromatic rings. The standard InChI is InChI=1S/C42H73O11P/c1-3-5-6-7-8-9-10-12-16-19-22-25-28-32-41(46)50-36-40(37-52-54(48,49)51-35-39(45)34-43)53-42(47)33-29-26-23-20-17-14-11-13-15-18-21-24-27-31-38(44)30-4-2/h9-11,14-15,18,20,23-24,27,38-40,43-45H,3-8,12-13,16-17,19,21-22,25-26,28-37H2,1-2H3,(H,48,49)/b10-9-,14-11-,18-15-,23-20-,27-24-/t38?,39-,40+/m0/s1. The van der Waals surface area contributed by atoms with E-state index in [2.05, 4.69) is 60.9 Å². The van der Waals surface area contributed by atoms with E-state index in [0.29, 0.717) is 25.7 Å². The van der Waals surface area contributed by atoms with Crippen molar-refractivity contribution in [1.82, 2.24) is 0 Å². The summed E-state index contributed by atoms with van der Waals surface area (Å²) in [6.07, 6.45) is 36.8. The van der Waals surface area contributed by atoms with Gasteiger partial charge in [0.1, 0.15) is 12.7 Å². The van der Waals surface area contributed by atoms with Crippen molar-refractivity contribution in [3.05, 3.63) is 60.8 Å². The summed E-state index contributed by atoms with van der Waals surface area (Å²) in [7, 11) is -4.64. The molecule has 0 saturated carbocycles. The largest absolute Gasteiger partial charge is 0.472 e. The highest BCUT2D eigenvalue weighted by Crippen LogP contribution is 2.43. The Hall–Kier alpha value is -2.37. The van der Waals surface area contributed by atoms with Crippen molar-refractivity contribution >= 4 is 19.8 Å². The second kappa shape index (κ2) is 37.5. The fourth-order valence-electron chi connectivity index (χ4n) is 5.05. The number of aliphatic hydroxyl groups is 3. The third kappa shape index (κ3) is 36.6. The zero-order valence-corrected chi connectivity index (χ0v) is 34.2. The molecule has 0 aromatic carbocycles. The zero-order chi connectivity index (χ0) is 40.0. The molecule has 4 atom stereocenters. The highest BCUT2D eigenvalue weighted by atomic mass is 31.2. The number of rotatable bonds is 37. The van der Waals surface area contributed by atoms with Crippen molar-refractivity contribution < 1.29 is 52.9 Å². The third-order valence-electron chi connectivity index (χ3n) is 8.20. The number of ether oxygens (including phenoxy) is 2. The van der Waals surface area contributed by atoms with Gasteiger partial charge in [-0.05, 0) is 77.0 Å². The number of carbonyl (C=O) groups is 2.